The molecule has 1 aliphatic rings. The van der Waals surface area contributed by atoms with E-state index in [1.807, 2.05) is 0 Å². The number of halogens is 2. The third-order valence-electron chi connectivity index (χ3n) is 2.72. The number of rotatable bonds is 1. The minimum absolute atomic E-state index is 0.0233. The number of phenolic OH excluding ortho intramolecular Hbond substituents is 1. The van der Waals surface area contributed by atoms with Gasteiger partial charge in [-0.15, -0.1) is 12.3 Å². The highest BCUT2D eigenvalue weighted by Gasteiger charge is 2.33. The lowest BCUT2D eigenvalue weighted by Gasteiger charge is -2.05. The van der Waals surface area contributed by atoms with Gasteiger partial charge in [-0.2, -0.15) is 0 Å². The van der Waals surface area contributed by atoms with Crippen molar-refractivity contribution >= 4 is 29.0 Å². The Bertz CT molecular complexity index is 515. The van der Waals surface area contributed by atoms with Crippen LogP contribution >= 0.6 is 23.2 Å². The van der Waals surface area contributed by atoms with Crippen molar-refractivity contribution in [3.05, 3.63) is 27.2 Å². The van der Waals surface area contributed by atoms with Crippen LogP contribution in [0.3, 0.4) is 0 Å². The Morgan fingerprint density at radius 3 is 2.81 bits per heavy atom. The van der Waals surface area contributed by atoms with E-state index in [0.717, 1.165) is 5.56 Å². The summed E-state index contributed by atoms with van der Waals surface area (Å²) in [6.07, 6.45) is 6.09. The Kier molecular flexibility index (Phi) is 2.84. The molecule has 0 aromatic heterocycles. The molecule has 0 heterocycles. The molecule has 16 heavy (non-hydrogen) atoms. The van der Waals surface area contributed by atoms with Crippen LogP contribution in [0.2, 0.25) is 10.0 Å². The van der Waals surface area contributed by atoms with Crippen LogP contribution in [-0.4, -0.2) is 10.9 Å². The predicted molar refractivity (Wildman–Crippen MR) is 63.1 cm³/mol. The van der Waals surface area contributed by atoms with Crippen molar-refractivity contribution in [2.75, 3.05) is 0 Å². The molecule has 0 saturated carbocycles. The van der Waals surface area contributed by atoms with Gasteiger partial charge in [-0.25, -0.2) is 0 Å². The summed E-state index contributed by atoms with van der Waals surface area (Å²) in [5, 5.41) is 9.65. The Balaban J connectivity index is 2.53. The average Bonchev–Trinajstić information content (AvgIpc) is 2.53. The van der Waals surface area contributed by atoms with E-state index in [2.05, 4.69) is 5.92 Å². The van der Waals surface area contributed by atoms with Crippen LogP contribution in [0, 0.1) is 18.3 Å². The quantitative estimate of drug-likeness (QED) is 0.783. The summed E-state index contributed by atoms with van der Waals surface area (Å²) < 4.78 is 0. The molecular weight excluding hydrogens is 247 g/mol. The first-order valence-electron chi connectivity index (χ1n) is 4.73. The second-order valence-electron chi connectivity index (χ2n) is 3.73. The second-order valence-corrected chi connectivity index (χ2v) is 4.49. The van der Waals surface area contributed by atoms with Crippen LogP contribution in [0.1, 0.15) is 22.3 Å². The number of Topliss-reactive ketones (excluding diaryl/α,β-unsaturated/α-hetero) is 1. The van der Waals surface area contributed by atoms with Gasteiger partial charge in [0.25, 0.3) is 0 Å². The summed E-state index contributed by atoms with van der Waals surface area (Å²) in [7, 11) is 0. The molecule has 0 radical (unpaired) electrons. The van der Waals surface area contributed by atoms with E-state index in [-0.39, 0.29) is 27.5 Å². The van der Waals surface area contributed by atoms with Gasteiger partial charge in [-0.3, -0.25) is 4.79 Å². The van der Waals surface area contributed by atoms with E-state index in [4.69, 9.17) is 29.6 Å². The van der Waals surface area contributed by atoms with Crippen molar-refractivity contribution in [3.8, 4) is 18.1 Å². The molecule has 0 saturated heterocycles. The lowest BCUT2D eigenvalue weighted by atomic mass is 10.0. The third kappa shape index (κ3) is 1.57. The zero-order chi connectivity index (χ0) is 11.9. The van der Waals surface area contributed by atoms with Crippen LogP contribution < -0.4 is 0 Å². The van der Waals surface area contributed by atoms with E-state index < -0.39 is 0 Å². The van der Waals surface area contributed by atoms with Crippen molar-refractivity contribution in [3.63, 3.8) is 0 Å². The van der Waals surface area contributed by atoms with Crippen LogP contribution in [0.15, 0.2) is 6.07 Å². The van der Waals surface area contributed by atoms with Gasteiger partial charge >= 0.3 is 0 Å². The zero-order valence-corrected chi connectivity index (χ0v) is 9.77. The van der Waals surface area contributed by atoms with Gasteiger partial charge in [0.1, 0.15) is 10.8 Å². The minimum Gasteiger partial charge on any atom is -0.506 e. The van der Waals surface area contributed by atoms with E-state index >= 15 is 0 Å². The molecule has 0 spiro atoms. The number of ketones is 1. The van der Waals surface area contributed by atoms with Crippen molar-refractivity contribution < 1.29 is 9.90 Å². The molecule has 0 bridgehead atoms. The summed E-state index contributed by atoms with van der Waals surface area (Å²) in [6.45, 7) is 0. The molecule has 82 valence electrons. The molecule has 1 unspecified atom stereocenters. The van der Waals surface area contributed by atoms with Gasteiger partial charge in [0.15, 0.2) is 5.78 Å². The second kappa shape index (κ2) is 4.01. The molecule has 2 rings (SSSR count). The van der Waals surface area contributed by atoms with Crippen LogP contribution in [0.25, 0.3) is 0 Å². The standard InChI is InChI=1S/C12H8Cl2O2/c1-2-3-6-4-7-5-8(15)10(13)11(14)9(7)12(6)16/h1,5-6,15H,3-4H2. The van der Waals surface area contributed by atoms with Gasteiger partial charge in [0, 0.05) is 17.9 Å². The molecule has 1 aromatic carbocycles. The number of phenols is 1. The van der Waals surface area contributed by atoms with Gasteiger partial charge in [-0.05, 0) is 18.1 Å². The van der Waals surface area contributed by atoms with E-state index in [0.29, 0.717) is 18.4 Å². The molecule has 0 amide bonds. The number of terminal acetylenes is 1. The fraction of sp³-hybridized carbons (Fsp3) is 0.250. The highest BCUT2D eigenvalue weighted by Crippen LogP contribution is 2.42. The Labute approximate surface area is 103 Å². The zero-order valence-electron chi connectivity index (χ0n) is 8.26. The molecule has 4 heteroatoms. The molecule has 1 aliphatic carbocycles. The number of aromatic hydroxyl groups is 1. The number of hydrogen-bond donors (Lipinski definition) is 1. The maximum absolute atomic E-state index is 12.0. The van der Waals surface area contributed by atoms with E-state index in [1.54, 1.807) is 0 Å². The molecule has 0 fully saturated rings. The fourth-order valence-corrected chi connectivity index (χ4v) is 2.42. The molecule has 1 aromatic rings. The number of hydrogen-bond acceptors (Lipinski definition) is 2. The van der Waals surface area contributed by atoms with Gasteiger partial charge in [0.2, 0.25) is 0 Å². The number of fused-ring (bicyclic) bond motifs is 1. The van der Waals surface area contributed by atoms with Gasteiger partial charge in [-0.1, -0.05) is 23.2 Å². The van der Waals surface area contributed by atoms with Crippen molar-refractivity contribution in [1.82, 2.24) is 0 Å². The van der Waals surface area contributed by atoms with Crippen molar-refractivity contribution in [2.45, 2.75) is 12.8 Å². The fourth-order valence-electron chi connectivity index (χ4n) is 1.96. The normalized spacial score (nSPS) is 18.3. The highest BCUT2D eigenvalue weighted by molar-refractivity contribution is 6.45. The molecule has 2 nitrogen and oxygen atoms in total. The Morgan fingerprint density at radius 2 is 2.19 bits per heavy atom. The summed E-state index contributed by atoms with van der Waals surface area (Å²) in [4.78, 5) is 12.0. The first kappa shape index (κ1) is 11.3. The number of carbonyl (C=O) groups excluding carboxylic acids is 1. The maximum Gasteiger partial charge on any atom is 0.169 e. The molecule has 1 atom stereocenters. The third-order valence-corrected chi connectivity index (χ3v) is 3.57. The largest absolute Gasteiger partial charge is 0.506 e. The SMILES string of the molecule is C#CCC1Cc2cc(O)c(Cl)c(Cl)c2C1=O. The van der Waals surface area contributed by atoms with Gasteiger partial charge < -0.3 is 5.11 Å². The van der Waals surface area contributed by atoms with Gasteiger partial charge in [0.05, 0.1) is 5.02 Å². The monoisotopic (exact) mass is 254 g/mol. The first-order valence-corrected chi connectivity index (χ1v) is 5.49. The number of benzene rings is 1. The Morgan fingerprint density at radius 1 is 1.50 bits per heavy atom. The molecule has 0 aliphatic heterocycles. The maximum atomic E-state index is 12.0. The number of carbonyl (C=O) groups is 1. The smallest absolute Gasteiger partial charge is 0.169 e. The minimum atomic E-state index is -0.240. The average molecular weight is 255 g/mol. The molecule has 1 N–H and O–H groups in total. The van der Waals surface area contributed by atoms with E-state index in [9.17, 15) is 9.90 Å². The Hall–Kier alpha value is -1.17. The van der Waals surface area contributed by atoms with Crippen molar-refractivity contribution in [2.24, 2.45) is 5.92 Å². The topological polar surface area (TPSA) is 37.3 Å². The van der Waals surface area contributed by atoms with Crippen LogP contribution in [-0.2, 0) is 6.42 Å². The summed E-state index contributed by atoms with van der Waals surface area (Å²) in [5.41, 5.74) is 1.13. The highest BCUT2D eigenvalue weighted by atomic mass is 35.5. The van der Waals surface area contributed by atoms with E-state index in [1.165, 1.54) is 6.07 Å². The predicted octanol–water partition coefficient (Wildman–Crippen LogP) is 3.08. The lowest BCUT2D eigenvalue weighted by Crippen LogP contribution is -2.07. The summed E-state index contributed by atoms with van der Waals surface area (Å²) >= 11 is 11.7. The summed E-state index contributed by atoms with van der Waals surface area (Å²) in [6, 6.07) is 1.48. The van der Waals surface area contributed by atoms with Crippen LogP contribution in [0.4, 0.5) is 0 Å². The molecular formula is C12H8Cl2O2. The lowest BCUT2D eigenvalue weighted by molar-refractivity contribution is 0.0939. The summed E-state index contributed by atoms with van der Waals surface area (Å²) in [5.74, 6) is 2.04. The van der Waals surface area contributed by atoms with Crippen LogP contribution in [0.5, 0.6) is 5.75 Å². The van der Waals surface area contributed by atoms with Crippen molar-refractivity contribution in [1.29, 1.82) is 0 Å². The first-order chi connectivity index (χ1) is 7.56.